The highest BCUT2D eigenvalue weighted by atomic mass is 15.1. The van der Waals surface area contributed by atoms with E-state index in [1.807, 2.05) is 0 Å². The van der Waals surface area contributed by atoms with Crippen molar-refractivity contribution in [3.05, 3.63) is 235 Å². The summed E-state index contributed by atoms with van der Waals surface area (Å²) in [6.07, 6.45) is 0. The molecule has 0 aromatic heterocycles. The molecule has 0 aliphatic heterocycles. The molecule has 67 heavy (non-hydrogen) atoms. The van der Waals surface area contributed by atoms with Crippen LogP contribution in [0.2, 0.25) is 0 Å². The van der Waals surface area contributed by atoms with Crippen LogP contribution in [-0.4, -0.2) is 0 Å². The lowest BCUT2D eigenvalue weighted by atomic mass is 9.74. The fourth-order valence-corrected chi connectivity index (χ4v) is 10.1. The van der Waals surface area contributed by atoms with Crippen LogP contribution in [0.4, 0.5) is 28.4 Å². The second kappa shape index (κ2) is 17.1. The number of hydrogen-bond acceptors (Lipinski definition) is 2. The third kappa shape index (κ3) is 8.38. The van der Waals surface area contributed by atoms with Gasteiger partial charge in [-0.2, -0.15) is 0 Å². The van der Waals surface area contributed by atoms with Crippen LogP contribution in [0.5, 0.6) is 0 Å². The topological polar surface area (TPSA) is 15.3 Å². The molecular formula is C65H60N2. The average molecular weight is 869 g/mol. The Hall–Kier alpha value is -7.42. The molecule has 0 fully saturated rings. The largest absolute Gasteiger partial charge is 0.356 e. The van der Waals surface area contributed by atoms with Gasteiger partial charge in [-0.3, -0.25) is 0 Å². The summed E-state index contributed by atoms with van der Waals surface area (Å²) in [7, 11) is 0. The van der Waals surface area contributed by atoms with E-state index < -0.39 is 0 Å². The molecule has 0 saturated carbocycles. The Bertz CT molecular complexity index is 3150. The zero-order chi connectivity index (χ0) is 46.5. The Morgan fingerprint density at radius 1 is 0.358 bits per heavy atom. The lowest BCUT2D eigenvalue weighted by Gasteiger charge is -2.30. The summed E-state index contributed by atoms with van der Waals surface area (Å²) in [6, 6.07) is 77.6. The summed E-state index contributed by atoms with van der Waals surface area (Å²) < 4.78 is 0. The Morgan fingerprint density at radius 3 is 1.24 bits per heavy atom. The van der Waals surface area contributed by atoms with Crippen LogP contribution < -0.4 is 10.2 Å². The van der Waals surface area contributed by atoms with Crippen molar-refractivity contribution in [2.45, 2.75) is 71.6 Å². The second-order valence-electron chi connectivity index (χ2n) is 20.8. The number of anilines is 5. The van der Waals surface area contributed by atoms with Crippen molar-refractivity contribution in [2.75, 3.05) is 10.2 Å². The van der Waals surface area contributed by atoms with Gasteiger partial charge in [0.05, 0.1) is 0 Å². The lowest BCUT2D eigenvalue weighted by molar-refractivity contribution is 0.564. The number of nitrogens with one attached hydrogen (secondary N) is 1. The normalized spacial score (nSPS) is 12.9. The van der Waals surface area contributed by atoms with E-state index in [0.717, 1.165) is 34.0 Å². The number of benzene rings is 9. The number of rotatable bonds is 9. The van der Waals surface area contributed by atoms with Crippen molar-refractivity contribution in [3.63, 3.8) is 0 Å². The van der Waals surface area contributed by atoms with Crippen LogP contribution in [0.25, 0.3) is 55.6 Å². The first-order valence-corrected chi connectivity index (χ1v) is 23.8. The van der Waals surface area contributed by atoms with Crippen LogP contribution in [0.3, 0.4) is 0 Å². The van der Waals surface area contributed by atoms with Crippen LogP contribution in [-0.2, 0) is 16.2 Å². The average Bonchev–Trinajstić information content (AvgIpc) is 3.57. The molecule has 0 radical (unpaired) electrons. The molecular weight excluding hydrogens is 809 g/mol. The van der Waals surface area contributed by atoms with E-state index in [1.54, 1.807) is 0 Å². The quantitative estimate of drug-likeness (QED) is 0.155. The molecule has 0 amide bonds. The third-order valence-corrected chi connectivity index (χ3v) is 13.7. The Labute approximate surface area is 398 Å². The van der Waals surface area contributed by atoms with Gasteiger partial charge >= 0.3 is 0 Å². The van der Waals surface area contributed by atoms with Crippen molar-refractivity contribution in [1.29, 1.82) is 0 Å². The van der Waals surface area contributed by atoms with E-state index in [9.17, 15) is 0 Å². The monoisotopic (exact) mass is 868 g/mol. The Kier molecular flexibility index (Phi) is 11.1. The van der Waals surface area contributed by atoms with E-state index in [1.165, 1.54) is 72.3 Å². The molecule has 2 heteroatoms. The summed E-state index contributed by atoms with van der Waals surface area (Å²) in [5.41, 5.74) is 23.3. The summed E-state index contributed by atoms with van der Waals surface area (Å²) in [5, 5.41) is 3.81. The van der Waals surface area contributed by atoms with Gasteiger partial charge in [-0.05, 0) is 162 Å². The summed E-state index contributed by atoms with van der Waals surface area (Å²) in [5.74, 6) is 0. The first-order valence-electron chi connectivity index (χ1n) is 23.8. The van der Waals surface area contributed by atoms with Crippen LogP contribution in [0.15, 0.2) is 212 Å². The standard InChI is InChI=1S/C65H60N2/c1-63(2,3)48-39-60(64(4,5)6)62-58-41-50(35-38-59(58)65(7,8)61(62)40-48)66-49-33-29-46(30-34-49)56-42-55(45-23-15-10-16-24-45)57(43-54(56)44-21-13-9-14-22-44)47-31-36-53(37-32-47)67(51-25-17-11-18-26-51)52-27-19-12-20-28-52/h9-43,66H,1-8H3. The molecule has 9 aromatic carbocycles. The van der Waals surface area contributed by atoms with Gasteiger partial charge < -0.3 is 10.2 Å². The number of hydrogen-bond donors (Lipinski definition) is 1. The maximum absolute atomic E-state index is 3.81. The SMILES string of the molecule is CC(C)(C)c1cc(C(C)(C)C)c2c(c1)C(C)(C)c1ccc(Nc3ccc(-c4cc(-c5ccccc5)c(-c5ccc(N(c6ccccc6)c6ccccc6)cc5)cc4-c4ccccc4)cc3)cc1-2. The minimum absolute atomic E-state index is 0.00286. The first-order chi connectivity index (χ1) is 32.2. The highest BCUT2D eigenvalue weighted by Gasteiger charge is 2.40. The van der Waals surface area contributed by atoms with Crippen LogP contribution in [0.1, 0.15) is 77.6 Å². The van der Waals surface area contributed by atoms with Crippen molar-refractivity contribution in [1.82, 2.24) is 0 Å². The van der Waals surface area contributed by atoms with Crippen molar-refractivity contribution >= 4 is 28.4 Å². The molecule has 0 bridgehead atoms. The van der Waals surface area contributed by atoms with E-state index in [-0.39, 0.29) is 16.2 Å². The van der Waals surface area contributed by atoms with Gasteiger partial charge in [-0.1, -0.05) is 195 Å². The fourth-order valence-electron chi connectivity index (χ4n) is 10.1. The van der Waals surface area contributed by atoms with Gasteiger partial charge in [0.15, 0.2) is 0 Å². The molecule has 1 N–H and O–H groups in total. The lowest BCUT2D eigenvalue weighted by Crippen LogP contribution is -2.21. The number of para-hydroxylation sites is 2. The zero-order valence-corrected chi connectivity index (χ0v) is 40.2. The summed E-state index contributed by atoms with van der Waals surface area (Å²) in [6.45, 7) is 18.8. The van der Waals surface area contributed by atoms with Crippen molar-refractivity contribution in [2.24, 2.45) is 0 Å². The van der Waals surface area contributed by atoms with Gasteiger partial charge in [0.2, 0.25) is 0 Å². The molecule has 0 heterocycles. The second-order valence-corrected chi connectivity index (χ2v) is 20.8. The van der Waals surface area contributed by atoms with Gasteiger partial charge in [-0.15, -0.1) is 0 Å². The van der Waals surface area contributed by atoms with Gasteiger partial charge in [0.25, 0.3) is 0 Å². The molecule has 0 atom stereocenters. The van der Waals surface area contributed by atoms with E-state index in [0.29, 0.717) is 0 Å². The highest BCUT2D eigenvalue weighted by molar-refractivity contribution is 5.96. The number of fused-ring (bicyclic) bond motifs is 3. The smallest absolute Gasteiger partial charge is 0.0462 e. The molecule has 9 aromatic rings. The van der Waals surface area contributed by atoms with E-state index >= 15 is 0 Å². The van der Waals surface area contributed by atoms with Gasteiger partial charge in [0.1, 0.15) is 0 Å². The highest BCUT2D eigenvalue weighted by Crippen LogP contribution is 2.54. The number of nitrogens with zero attached hydrogens (tertiary/aromatic N) is 1. The van der Waals surface area contributed by atoms with Crippen molar-refractivity contribution < 1.29 is 0 Å². The van der Waals surface area contributed by atoms with Gasteiger partial charge in [0, 0.05) is 33.9 Å². The molecule has 1 aliphatic carbocycles. The van der Waals surface area contributed by atoms with E-state index in [4.69, 9.17) is 0 Å². The minimum Gasteiger partial charge on any atom is -0.356 e. The third-order valence-electron chi connectivity index (χ3n) is 13.7. The maximum Gasteiger partial charge on any atom is 0.0462 e. The molecule has 2 nitrogen and oxygen atoms in total. The molecule has 0 unspecified atom stereocenters. The van der Waals surface area contributed by atoms with Crippen LogP contribution >= 0.6 is 0 Å². The molecule has 330 valence electrons. The van der Waals surface area contributed by atoms with E-state index in [2.05, 4.69) is 278 Å². The predicted molar refractivity (Wildman–Crippen MR) is 288 cm³/mol. The fraction of sp³-hybridized carbons (Fsp3) is 0.169. The summed E-state index contributed by atoms with van der Waals surface area (Å²) >= 11 is 0. The zero-order valence-electron chi connectivity index (χ0n) is 40.2. The first kappa shape index (κ1) is 43.5. The van der Waals surface area contributed by atoms with Gasteiger partial charge in [-0.25, -0.2) is 0 Å². The predicted octanol–water partition coefficient (Wildman–Crippen LogP) is 18.5. The molecule has 10 rings (SSSR count). The summed E-state index contributed by atoms with van der Waals surface area (Å²) in [4.78, 5) is 2.31. The Balaban J connectivity index is 1.03. The molecule has 0 spiro atoms. The minimum atomic E-state index is -0.0912. The molecule has 1 aliphatic rings. The maximum atomic E-state index is 3.81. The van der Waals surface area contributed by atoms with Crippen LogP contribution in [0, 0.1) is 0 Å². The van der Waals surface area contributed by atoms with Crippen molar-refractivity contribution in [3.8, 4) is 55.6 Å². The Morgan fingerprint density at radius 2 is 0.776 bits per heavy atom. The molecule has 0 saturated heterocycles.